The van der Waals surface area contributed by atoms with E-state index >= 15 is 0 Å². The average Bonchev–Trinajstić information content (AvgIpc) is 2.40. The monoisotopic (exact) mass is 285 g/mol. The summed E-state index contributed by atoms with van der Waals surface area (Å²) in [6, 6.07) is 2.52. The average molecular weight is 285 g/mol. The van der Waals surface area contributed by atoms with Gasteiger partial charge in [0.25, 0.3) is 0 Å². The highest BCUT2D eigenvalue weighted by Gasteiger charge is 2.15. The van der Waals surface area contributed by atoms with Gasteiger partial charge in [-0.2, -0.15) is 0 Å². The molecule has 0 aliphatic carbocycles. The van der Waals surface area contributed by atoms with Crippen LogP contribution in [0.1, 0.15) is 19.3 Å². The fourth-order valence-corrected chi connectivity index (χ4v) is 3.16. The Morgan fingerprint density at radius 2 is 1.95 bits per heavy atom. The largest absolute Gasteiger partial charge is 0.328 e. The predicted molar refractivity (Wildman–Crippen MR) is 72.5 cm³/mol. The van der Waals surface area contributed by atoms with Crippen molar-refractivity contribution in [3.8, 4) is 0 Å². The molecule has 2 heterocycles. The van der Waals surface area contributed by atoms with Crippen LogP contribution in [0.15, 0.2) is 28.0 Å². The molecule has 1 aliphatic rings. The van der Waals surface area contributed by atoms with E-state index in [1.165, 1.54) is 37.6 Å². The van der Waals surface area contributed by atoms with Crippen molar-refractivity contribution in [3.63, 3.8) is 0 Å². The highest BCUT2D eigenvalue weighted by molar-refractivity contribution is 7.89. The Bertz CT molecular complexity index is 541. The second kappa shape index (κ2) is 6.31. The number of nitrogens with zero attached hydrogens (tertiary/aromatic N) is 1. The lowest BCUT2D eigenvalue weighted by atomic mass is 10.1. The Morgan fingerprint density at radius 3 is 2.58 bits per heavy atom. The predicted octanol–water partition coefficient (Wildman–Crippen LogP) is 0.139. The number of piperidine rings is 1. The van der Waals surface area contributed by atoms with Gasteiger partial charge in [0.15, 0.2) is 0 Å². The van der Waals surface area contributed by atoms with Crippen molar-refractivity contribution in [1.82, 2.24) is 14.6 Å². The lowest BCUT2D eigenvalue weighted by molar-refractivity contribution is 0.233. The molecule has 0 spiro atoms. The molecule has 1 aliphatic heterocycles. The van der Waals surface area contributed by atoms with Gasteiger partial charge in [-0.05, 0) is 32.0 Å². The van der Waals surface area contributed by atoms with Crippen LogP contribution >= 0.6 is 0 Å². The van der Waals surface area contributed by atoms with Gasteiger partial charge in [-0.1, -0.05) is 6.42 Å². The number of H-pyrrole nitrogens is 1. The molecule has 0 amide bonds. The number of sulfonamides is 1. The topological polar surface area (TPSA) is 82.3 Å². The van der Waals surface area contributed by atoms with Crippen molar-refractivity contribution in [2.75, 3.05) is 26.2 Å². The summed E-state index contributed by atoms with van der Waals surface area (Å²) >= 11 is 0. The number of hydrogen-bond donors (Lipinski definition) is 2. The highest BCUT2D eigenvalue weighted by Crippen LogP contribution is 2.08. The molecule has 0 saturated carbocycles. The van der Waals surface area contributed by atoms with E-state index < -0.39 is 10.0 Å². The van der Waals surface area contributed by atoms with Gasteiger partial charge in [-0.25, -0.2) is 13.1 Å². The maximum absolute atomic E-state index is 11.9. The molecule has 1 fully saturated rings. The first kappa shape index (κ1) is 14.2. The molecule has 106 valence electrons. The van der Waals surface area contributed by atoms with E-state index in [4.69, 9.17) is 0 Å². The van der Waals surface area contributed by atoms with E-state index in [9.17, 15) is 13.2 Å². The van der Waals surface area contributed by atoms with Crippen LogP contribution < -0.4 is 10.3 Å². The molecule has 2 rings (SSSR count). The maximum atomic E-state index is 11.9. The van der Waals surface area contributed by atoms with Crippen LogP contribution in [-0.4, -0.2) is 44.5 Å². The molecular formula is C12H19N3O3S. The minimum Gasteiger partial charge on any atom is -0.328 e. The van der Waals surface area contributed by atoms with Gasteiger partial charge in [-0.3, -0.25) is 4.79 Å². The van der Waals surface area contributed by atoms with Crippen molar-refractivity contribution in [2.45, 2.75) is 24.2 Å². The summed E-state index contributed by atoms with van der Waals surface area (Å²) in [4.78, 5) is 15.6. The normalized spacial score (nSPS) is 17.5. The van der Waals surface area contributed by atoms with Gasteiger partial charge < -0.3 is 9.88 Å². The molecule has 0 radical (unpaired) electrons. The van der Waals surface area contributed by atoms with Gasteiger partial charge >= 0.3 is 0 Å². The Morgan fingerprint density at radius 1 is 1.21 bits per heavy atom. The molecular weight excluding hydrogens is 266 g/mol. The summed E-state index contributed by atoms with van der Waals surface area (Å²) in [5, 5.41) is 0. The fourth-order valence-electron chi connectivity index (χ4n) is 2.17. The zero-order valence-electron chi connectivity index (χ0n) is 10.8. The van der Waals surface area contributed by atoms with E-state index in [1.807, 2.05) is 0 Å². The zero-order chi connectivity index (χ0) is 13.7. The van der Waals surface area contributed by atoms with Crippen LogP contribution in [0.4, 0.5) is 0 Å². The summed E-state index contributed by atoms with van der Waals surface area (Å²) in [5.74, 6) is 0. The zero-order valence-corrected chi connectivity index (χ0v) is 11.6. The van der Waals surface area contributed by atoms with Crippen LogP contribution in [0, 0.1) is 0 Å². The molecule has 7 heteroatoms. The van der Waals surface area contributed by atoms with Gasteiger partial charge in [0.2, 0.25) is 15.6 Å². The molecule has 0 bridgehead atoms. The first-order chi connectivity index (χ1) is 9.08. The molecule has 1 aromatic rings. The number of aromatic nitrogens is 1. The lowest BCUT2D eigenvalue weighted by Crippen LogP contribution is -2.37. The van der Waals surface area contributed by atoms with Crippen LogP contribution in [-0.2, 0) is 10.0 Å². The van der Waals surface area contributed by atoms with Crippen LogP contribution in [0.5, 0.6) is 0 Å². The molecule has 0 aromatic carbocycles. The van der Waals surface area contributed by atoms with Crippen molar-refractivity contribution in [2.24, 2.45) is 0 Å². The SMILES string of the molecule is O=c1ccc(S(=O)(=O)NCCN2CCCCC2)c[nH]1. The van der Waals surface area contributed by atoms with E-state index in [0.29, 0.717) is 6.54 Å². The quantitative estimate of drug-likeness (QED) is 0.806. The van der Waals surface area contributed by atoms with Crippen molar-refractivity contribution >= 4 is 10.0 Å². The summed E-state index contributed by atoms with van der Waals surface area (Å²) in [7, 11) is -3.52. The van der Waals surface area contributed by atoms with Crippen LogP contribution in [0.25, 0.3) is 0 Å². The van der Waals surface area contributed by atoms with E-state index in [1.54, 1.807) is 0 Å². The number of rotatable bonds is 5. The Balaban J connectivity index is 1.87. The molecule has 2 N–H and O–H groups in total. The number of likely N-dealkylation sites (tertiary alicyclic amines) is 1. The Hall–Kier alpha value is -1.18. The summed E-state index contributed by atoms with van der Waals surface area (Å²) in [6.45, 7) is 3.20. The van der Waals surface area contributed by atoms with E-state index in [0.717, 1.165) is 19.6 Å². The molecule has 6 nitrogen and oxygen atoms in total. The first-order valence-electron chi connectivity index (χ1n) is 6.49. The van der Waals surface area contributed by atoms with Gasteiger partial charge in [-0.15, -0.1) is 0 Å². The number of aromatic amines is 1. The Kier molecular flexibility index (Phi) is 4.73. The molecule has 19 heavy (non-hydrogen) atoms. The third-order valence-electron chi connectivity index (χ3n) is 3.23. The second-order valence-corrected chi connectivity index (χ2v) is 6.46. The van der Waals surface area contributed by atoms with E-state index in [2.05, 4.69) is 14.6 Å². The Labute approximate surface area is 112 Å². The van der Waals surface area contributed by atoms with Crippen LogP contribution in [0.2, 0.25) is 0 Å². The molecule has 1 saturated heterocycles. The number of nitrogens with one attached hydrogen (secondary N) is 2. The second-order valence-electron chi connectivity index (χ2n) is 4.69. The summed E-state index contributed by atoms with van der Waals surface area (Å²) < 4.78 is 26.4. The lowest BCUT2D eigenvalue weighted by Gasteiger charge is -2.26. The third-order valence-corrected chi connectivity index (χ3v) is 4.69. The van der Waals surface area contributed by atoms with Crippen molar-refractivity contribution in [1.29, 1.82) is 0 Å². The standard InChI is InChI=1S/C12H19N3O3S/c16-12-5-4-11(10-13-12)19(17,18)14-6-9-15-7-2-1-3-8-15/h4-5,10,14H,1-3,6-9H2,(H,13,16). The minimum atomic E-state index is -3.52. The summed E-state index contributed by atoms with van der Waals surface area (Å²) in [6.07, 6.45) is 4.85. The van der Waals surface area contributed by atoms with Gasteiger partial charge in [0, 0.05) is 25.4 Å². The van der Waals surface area contributed by atoms with Crippen molar-refractivity contribution < 1.29 is 8.42 Å². The van der Waals surface area contributed by atoms with E-state index in [-0.39, 0.29) is 10.5 Å². The minimum absolute atomic E-state index is 0.0887. The first-order valence-corrected chi connectivity index (χ1v) is 7.97. The molecule has 0 atom stereocenters. The van der Waals surface area contributed by atoms with Crippen molar-refractivity contribution in [3.05, 3.63) is 28.7 Å². The number of hydrogen-bond acceptors (Lipinski definition) is 4. The van der Waals surface area contributed by atoms with Crippen LogP contribution in [0.3, 0.4) is 0 Å². The van der Waals surface area contributed by atoms with Gasteiger partial charge in [0.05, 0.1) is 4.90 Å². The highest BCUT2D eigenvalue weighted by atomic mass is 32.2. The number of pyridine rings is 1. The smallest absolute Gasteiger partial charge is 0.247 e. The maximum Gasteiger partial charge on any atom is 0.247 e. The van der Waals surface area contributed by atoms with Gasteiger partial charge in [0.1, 0.15) is 0 Å². The summed E-state index contributed by atoms with van der Waals surface area (Å²) in [5.41, 5.74) is -0.313. The fraction of sp³-hybridized carbons (Fsp3) is 0.583. The molecule has 1 aromatic heterocycles. The molecule has 0 unspecified atom stereocenters. The third kappa shape index (κ3) is 4.15.